The number of rotatable bonds is 7. The Bertz CT molecular complexity index is 601. The predicted molar refractivity (Wildman–Crippen MR) is 82.9 cm³/mol. The fraction of sp³-hybridized carbons (Fsp3) is 0.429. The molecule has 0 radical (unpaired) electrons. The van der Waals surface area contributed by atoms with E-state index >= 15 is 0 Å². The van der Waals surface area contributed by atoms with Crippen molar-refractivity contribution in [3.63, 3.8) is 0 Å². The van der Waals surface area contributed by atoms with Crippen molar-refractivity contribution in [2.75, 3.05) is 13.1 Å². The maximum atomic E-state index is 12.5. The van der Waals surface area contributed by atoms with Gasteiger partial charge in [0.15, 0.2) is 5.78 Å². The van der Waals surface area contributed by atoms with Crippen LogP contribution in [-0.2, 0) is 0 Å². The Labute approximate surface area is 145 Å². The summed E-state index contributed by atoms with van der Waals surface area (Å²) >= 11 is 0. The number of nitrogens with one attached hydrogen (secondary N) is 1. The molecule has 24 heavy (non-hydrogen) atoms. The number of nitrogens with zero attached hydrogens (tertiary/aromatic N) is 1. The summed E-state index contributed by atoms with van der Waals surface area (Å²) in [6, 6.07) is 2.99. The van der Waals surface area contributed by atoms with Crippen LogP contribution in [0.1, 0.15) is 23.2 Å². The number of hydrogen-bond donors (Lipinski definition) is 1. The Hall–Kier alpha value is -1.84. The van der Waals surface area contributed by atoms with Gasteiger partial charge in [-0.1, -0.05) is 0 Å². The minimum absolute atomic E-state index is 0. The van der Waals surface area contributed by atoms with Crippen LogP contribution in [0.4, 0.5) is 17.6 Å². The maximum Gasteiger partial charge on any atom is 0.387 e. The Balaban J connectivity index is 0.00000288. The van der Waals surface area contributed by atoms with Crippen molar-refractivity contribution in [2.45, 2.75) is 26.1 Å². The van der Waals surface area contributed by atoms with E-state index in [2.05, 4.69) is 9.47 Å². The van der Waals surface area contributed by atoms with Gasteiger partial charge in [0.1, 0.15) is 11.5 Å². The van der Waals surface area contributed by atoms with Crippen molar-refractivity contribution >= 4 is 28.6 Å². The van der Waals surface area contributed by atoms with Crippen molar-refractivity contribution in [2.24, 2.45) is 0 Å². The third-order valence-electron chi connectivity index (χ3n) is 3.25. The van der Waals surface area contributed by atoms with Gasteiger partial charge in [-0.3, -0.25) is 10.2 Å². The van der Waals surface area contributed by atoms with E-state index in [1.54, 1.807) is 0 Å². The summed E-state index contributed by atoms with van der Waals surface area (Å²) in [5.41, 5.74) is -0.174. The summed E-state index contributed by atoms with van der Waals surface area (Å²) < 4.78 is 57.6. The van der Waals surface area contributed by atoms with Crippen LogP contribution in [0.25, 0.3) is 0 Å². The second-order valence-corrected chi connectivity index (χ2v) is 4.81. The molecule has 10 heteroatoms. The number of halogens is 5. The molecule has 0 spiro atoms. The number of ketones is 1. The summed E-state index contributed by atoms with van der Waals surface area (Å²) in [5, 5.41) is 7.66. The minimum atomic E-state index is -3.21. The highest BCUT2D eigenvalue weighted by molar-refractivity contribution is 8.93. The second kappa shape index (κ2) is 8.86. The van der Waals surface area contributed by atoms with Crippen molar-refractivity contribution in [3.05, 3.63) is 23.8 Å². The lowest BCUT2D eigenvalue weighted by molar-refractivity contribution is -0.0544. The number of alkyl halides is 4. The van der Waals surface area contributed by atoms with E-state index in [1.165, 1.54) is 4.90 Å². The summed E-state index contributed by atoms with van der Waals surface area (Å²) in [5.74, 6) is -1.17. The number of benzene rings is 1. The second-order valence-electron chi connectivity index (χ2n) is 4.81. The van der Waals surface area contributed by atoms with Gasteiger partial charge in [-0.15, -0.1) is 17.0 Å². The van der Waals surface area contributed by atoms with Gasteiger partial charge in [-0.2, -0.15) is 17.6 Å². The average molecular weight is 415 g/mol. The monoisotopic (exact) mass is 414 g/mol. The third-order valence-corrected chi connectivity index (χ3v) is 3.25. The molecule has 0 aromatic heterocycles. The molecule has 0 unspecified atom stereocenters. The zero-order valence-electron chi connectivity index (χ0n) is 12.3. The van der Waals surface area contributed by atoms with Crippen LogP contribution in [0.5, 0.6) is 11.5 Å². The number of hydrogen-bond acceptors (Lipinski definition) is 4. The molecule has 1 aliphatic heterocycles. The molecule has 0 bridgehead atoms. The Morgan fingerprint density at radius 1 is 1.21 bits per heavy atom. The molecule has 1 aromatic rings. The van der Waals surface area contributed by atoms with Crippen LogP contribution < -0.4 is 9.47 Å². The molecule has 0 saturated carbocycles. The Kier molecular flexibility index (Phi) is 7.46. The zero-order valence-corrected chi connectivity index (χ0v) is 14.0. The maximum absolute atomic E-state index is 12.5. The van der Waals surface area contributed by atoms with E-state index in [0.717, 1.165) is 24.6 Å². The van der Waals surface area contributed by atoms with E-state index in [4.69, 9.17) is 5.41 Å². The Morgan fingerprint density at radius 3 is 2.42 bits per heavy atom. The molecule has 1 heterocycles. The molecule has 1 fully saturated rings. The van der Waals surface area contributed by atoms with E-state index in [0.29, 0.717) is 18.8 Å². The van der Waals surface area contributed by atoms with E-state index in [-0.39, 0.29) is 34.8 Å². The highest BCUT2D eigenvalue weighted by Gasteiger charge is 2.23. The first-order chi connectivity index (χ1) is 10.9. The molecule has 0 amide bonds. The fourth-order valence-corrected chi connectivity index (χ4v) is 2.27. The predicted octanol–water partition coefficient (Wildman–Crippen LogP) is 3.72. The highest BCUT2D eigenvalue weighted by Crippen LogP contribution is 2.28. The van der Waals surface area contributed by atoms with Gasteiger partial charge >= 0.3 is 13.2 Å². The number of amidine groups is 1. The summed E-state index contributed by atoms with van der Waals surface area (Å²) in [6.45, 7) is -5.97. The van der Waals surface area contributed by atoms with E-state index in [9.17, 15) is 22.4 Å². The molecular weight excluding hydrogens is 400 g/mol. The van der Waals surface area contributed by atoms with Crippen LogP contribution >= 0.6 is 17.0 Å². The molecule has 5 nitrogen and oxygen atoms in total. The number of carbonyl (C=O) groups is 1. The molecule has 0 aliphatic carbocycles. The molecular formula is C14H15BrF4N2O3. The lowest BCUT2D eigenvalue weighted by atomic mass is 10.1. The largest absolute Gasteiger partial charge is 0.435 e. The summed E-state index contributed by atoms with van der Waals surface area (Å²) in [7, 11) is 0. The summed E-state index contributed by atoms with van der Waals surface area (Å²) in [6.07, 6.45) is 1.29. The quantitative estimate of drug-likeness (QED) is 0.545. The normalized spacial score (nSPS) is 14.1. The number of likely N-dealkylation sites (tertiary alicyclic amines) is 1. The molecule has 0 atom stereocenters. The minimum Gasteiger partial charge on any atom is -0.435 e. The SMILES string of the molecule is Br.N=C1CCCN1CC(=O)c1ccc(OC(F)F)cc1OC(F)F. The smallest absolute Gasteiger partial charge is 0.387 e. The van der Waals surface area contributed by atoms with Crippen molar-refractivity contribution in [1.29, 1.82) is 5.41 Å². The van der Waals surface area contributed by atoms with Gasteiger partial charge in [-0.25, -0.2) is 0 Å². The van der Waals surface area contributed by atoms with Gasteiger partial charge < -0.3 is 14.4 Å². The van der Waals surface area contributed by atoms with Crippen LogP contribution in [-0.4, -0.2) is 42.8 Å². The first kappa shape index (κ1) is 20.2. The van der Waals surface area contributed by atoms with Gasteiger partial charge in [0.2, 0.25) is 0 Å². The van der Waals surface area contributed by atoms with Crippen LogP contribution in [0.15, 0.2) is 18.2 Å². The van der Waals surface area contributed by atoms with E-state index in [1.807, 2.05) is 0 Å². The lowest BCUT2D eigenvalue weighted by Crippen LogP contribution is -2.30. The number of ether oxygens (including phenoxy) is 2. The van der Waals surface area contributed by atoms with Crippen LogP contribution in [0, 0.1) is 5.41 Å². The zero-order chi connectivity index (χ0) is 17.0. The third kappa shape index (κ3) is 5.36. The number of Topliss-reactive ketones (excluding diaryl/α,β-unsaturated/α-hetero) is 1. The highest BCUT2D eigenvalue weighted by atomic mass is 79.9. The van der Waals surface area contributed by atoms with Crippen LogP contribution in [0.2, 0.25) is 0 Å². The molecule has 1 aliphatic rings. The van der Waals surface area contributed by atoms with E-state index < -0.39 is 24.8 Å². The summed E-state index contributed by atoms with van der Waals surface area (Å²) in [4.78, 5) is 13.8. The van der Waals surface area contributed by atoms with Crippen molar-refractivity contribution in [3.8, 4) is 11.5 Å². The van der Waals surface area contributed by atoms with Crippen LogP contribution in [0.3, 0.4) is 0 Å². The van der Waals surface area contributed by atoms with Gasteiger partial charge in [0.25, 0.3) is 0 Å². The first-order valence-electron chi connectivity index (χ1n) is 6.76. The molecule has 2 rings (SSSR count). The van der Waals surface area contributed by atoms with Crippen molar-refractivity contribution < 1.29 is 31.8 Å². The standard InChI is InChI=1S/C14H14F4N2O3.BrH/c15-13(16)22-8-3-4-9(11(6-8)23-14(17)18)10(21)7-20-5-1-2-12(20)19;/h3-4,6,13-14,19H,1-2,5,7H2;1H. The van der Waals surface area contributed by atoms with Crippen molar-refractivity contribution in [1.82, 2.24) is 4.90 Å². The fourth-order valence-electron chi connectivity index (χ4n) is 2.27. The topological polar surface area (TPSA) is 62.6 Å². The molecule has 134 valence electrons. The average Bonchev–Trinajstić information content (AvgIpc) is 2.83. The first-order valence-corrected chi connectivity index (χ1v) is 6.76. The van der Waals surface area contributed by atoms with Gasteiger partial charge in [-0.05, 0) is 18.6 Å². The Morgan fingerprint density at radius 2 is 1.88 bits per heavy atom. The van der Waals surface area contributed by atoms with Gasteiger partial charge in [0, 0.05) is 19.0 Å². The molecule has 1 N–H and O–H groups in total. The number of carbonyl (C=O) groups excluding carboxylic acids is 1. The van der Waals surface area contributed by atoms with Gasteiger partial charge in [0.05, 0.1) is 17.9 Å². The molecule has 1 saturated heterocycles. The lowest BCUT2D eigenvalue weighted by Gasteiger charge is -2.18. The molecule has 1 aromatic carbocycles.